The molecule has 0 aromatic heterocycles. The van der Waals surface area contributed by atoms with Crippen LogP contribution in [0.15, 0.2) is 48.5 Å². The fraction of sp³-hybridized carbons (Fsp3) is 0.556. The summed E-state index contributed by atoms with van der Waals surface area (Å²) in [7, 11) is 0. The predicted molar refractivity (Wildman–Crippen MR) is 119 cm³/mol. The molecule has 2 aromatic rings. The fourth-order valence-electron chi connectivity index (χ4n) is 7.67. The van der Waals surface area contributed by atoms with Gasteiger partial charge in [0.25, 0.3) is 0 Å². The number of hydrogen-bond acceptors (Lipinski definition) is 1. The van der Waals surface area contributed by atoms with Crippen molar-refractivity contribution >= 4 is 0 Å². The number of hydrogen-bond donors (Lipinski definition) is 0. The zero-order chi connectivity index (χ0) is 25.2. The summed E-state index contributed by atoms with van der Waals surface area (Å²) in [5.41, 5.74) is -1.57. The Kier molecular flexibility index (Phi) is 7.10. The first-order valence-electron chi connectivity index (χ1n) is 12.1. The van der Waals surface area contributed by atoms with Gasteiger partial charge in [-0.25, -0.2) is 0 Å². The minimum absolute atomic E-state index is 0. The molecule has 1 aliphatic carbocycles. The summed E-state index contributed by atoms with van der Waals surface area (Å²) in [6.07, 6.45) is -7.78. The molecule has 2 saturated heterocycles. The Bertz CT molecular complexity index is 1060. The van der Waals surface area contributed by atoms with Crippen LogP contribution in [0.4, 0.5) is 26.3 Å². The van der Waals surface area contributed by atoms with Gasteiger partial charge in [0.15, 0.2) is 0 Å². The minimum atomic E-state index is -4.84. The zero-order valence-corrected chi connectivity index (χ0v) is 21.8. The molecule has 198 valence electrons. The van der Waals surface area contributed by atoms with Crippen molar-refractivity contribution in [2.24, 2.45) is 17.8 Å². The van der Waals surface area contributed by atoms with Gasteiger partial charge in [0.1, 0.15) is 24.7 Å². The maximum atomic E-state index is 13.5. The predicted octanol–water partition coefficient (Wildman–Crippen LogP) is 4.08. The number of halogens is 7. The molecule has 0 bridgehead atoms. The van der Waals surface area contributed by atoms with Gasteiger partial charge in [0, 0.05) is 23.3 Å². The van der Waals surface area contributed by atoms with Crippen LogP contribution >= 0.6 is 0 Å². The summed E-state index contributed by atoms with van der Waals surface area (Å²) in [4.78, 5) is 0. The molecule has 0 amide bonds. The molecule has 0 radical (unpaired) electrons. The summed E-state index contributed by atoms with van der Waals surface area (Å²) in [6, 6.07) is 11.8. The Morgan fingerprint density at radius 3 is 2.03 bits per heavy atom. The van der Waals surface area contributed by atoms with E-state index in [1.54, 1.807) is 0 Å². The van der Waals surface area contributed by atoms with Crippen molar-refractivity contribution in [2.75, 3.05) is 13.1 Å². The number of nitrogens with zero attached hydrogens (tertiary/aromatic N) is 1. The van der Waals surface area contributed by atoms with E-state index in [0.717, 1.165) is 37.1 Å². The molecule has 5 rings (SSSR count). The van der Waals surface area contributed by atoms with Gasteiger partial charge in [-0.1, -0.05) is 37.3 Å². The van der Waals surface area contributed by atoms with Gasteiger partial charge in [-0.2, -0.15) is 26.3 Å². The Balaban J connectivity index is 0.00000304. The van der Waals surface area contributed by atoms with Crippen molar-refractivity contribution in [1.29, 1.82) is 0 Å². The number of quaternary nitrogens is 1. The second-order valence-corrected chi connectivity index (χ2v) is 10.9. The second-order valence-electron chi connectivity index (χ2n) is 10.9. The van der Waals surface area contributed by atoms with Crippen molar-refractivity contribution in [1.82, 2.24) is 0 Å². The maximum absolute atomic E-state index is 13.5. The van der Waals surface area contributed by atoms with E-state index in [9.17, 15) is 26.3 Å². The first-order valence-corrected chi connectivity index (χ1v) is 12.1. The Morgan fingerprint density at radius 1 is 0.861 bits per heavy atom. The van der Waals surface area contributed by atoms with E-state index in [0.29, 0.717) is 29.5 Å². The average Bonchev–Trinajstić information content (AvgIpc) is 3.32. The number of benzene rings is 2. The molecule has 6 atom stereocenters. The molecular weight excluding hydrogens is 548 g/mol. The lowest BCUT2D eigenvalue weighted by Gasteiger charge is -2.44. The Labute approximate surface area is 218 Å². The third-order valence-electron chi connectivity index (χ3n) is 9.05. The SMILES string of the molecule is C[C@@H]1C[N@@+]2(Cc3cc(C(F)(F)F)cc(C(F)(F)F)c3)C[C@H](OCc3ccccc3)[C@H]3CC[C@@H]1[C@]32C.[Br-]. The fourth-order valence-corrected chi connectivity index (χ4v) is 7.67. The first-order chi connectivity index (χ1) is 16.3. The largest absolute Gasteiger partial charge is 1.00 e. The smallest absolute Gasteiger partial charge is 0.416 e. The second kappa shape index (κ2) is 9.31. The van der Waals surface area contributed by atoms with E-state index in [2.05, 4.69) is 13.8 Å². The molecule has 2 aliphatic heterocycles. The van der Waals surface area contributed by atoms with Gasteiger partial charge in [-0.15, -0.1) is 0 Å². The first kappa shape index (κ1) is 27.5. The van der Waals surface area contributed by atoms with Gasteiger partial charge in [-0.3, -0.25) is 0 Å². The molecule has 2 nitrogen and oxygen atoms in total. The van der Waals surface area contributed by atoms with Crippen LogP contribution in [0.1, 0.15) is 48.9 Å². The lowest BCUT2D eigenvalue weighted by Crippen LogP contribution is -3.00. The van der Waals surface area contributed by atoms with Crippen LogP contribution in [-0.2, 0) is 30.2 Å². The molecule has 1 saturated carbocycles. The summed E-state index contributed by atoms with van der Waals surface area (Å²) >= 11 is 0. The molecule has 36 heavy (non-hydrogen) atoms. The maximum Gasteiger partial charge on any atom is 0.416 e. The lowest BCUT2D eigenvalue weighted by molar-refractivity contribution is -0.967. The van der Waals surface area contributed by atoms with Crippen molar-refractivity contribution in [3.05, 3.63) is 70.8 Å². The van der Waals surface area contributed by atoms with Crippen LogP contribution in [0, 0.1) is 17.8 Å². The van der Waals surface area contributed by atoms with Gasteiger partial charge < -0.3 is 26.2 Å². The molecule has 2 aromatic carbocycles. The molecule has 2 heterocycles. The Morgan fingerprint density at radius 2 is 1.44 bits per heavy atom. The van der Waals surface area contributed by atoms with Gasteiger partial charge in [-0.05, 0) is 43.5 Å². The highest BCUT2D eigenvalue weighted by atomic mass is 79.9. The minimum Gasteiger partial charge on any atom is -1.00 e. The number of ether oxygens (including phenoxy) is 1. The van der Waals surface area contributed by atoms with E-state index in [1.807, 2.05) is 30.3 Å². The summed E-state index contributed by atoms with van der Waals surface area (Å²) in [5, 5.41) is 0. The number of rotatable bonds is 5. The molecule has 0 N–H and O–H groups in total. The van der Waals surface area contributed by atoms with E-state index < -0.39 is 23.5 Å². The normalized spacial score (nSPS) is 33.4. The van der Waals surface area contributed by atoms with Crippen molar-refractivity contribution in [3.63, 3.8) is 0 Å². The Hall–Kier alpha value is -1.58. The highest BCUT2D eigenvalue weighted by molar-refractivity contribution is 5.33. The van der Waals surface area contributed by atoms with Crippen LogP contribution in [0.25, 0.3) is 0 Å². The van der Waals surface area contributed by atoms with Gasteiger partial charge >= 0.3 is 12.4 Å². The zero-order valence-electron chi connectivity index (χ0n) is 20.2. The third kappa shape index (κ3) is 4.49. The van der Waals surface area contributed by atoms with Crippen molar-refractivity contribution in [3.8, 4) is 0 Å². The van der Waals surface area contributed by atoms with Crippen molar-refractivity contribution in [2.45, 2.75) is 63.8 Å². The summed E-state index contributed by atoms with van der Waals surface area (Å²) < 4.78 is 88.0. The molecule has 9 heteroatoms. The summed E-state index contributed by atoms with van der Waals surface area (Å²) in [5.74, 6) is 0.965. The average molecular weight is 578 g/mol. The van der Waals surface area contributed by atoms with E-state index in [4.69, 9.17) is 4.74 Å². The lowest BCUT2D eigenvalue weighted by atomic mass is 9.80. The summed E-state index contributed by atoms with van der Waals surface area (Å²) in [6.45, 7) is 6.30. The molecular formula is C27H30BrF6NO. The standard InChI is InChI=1S/C27H30F6NO.BrH/c1-17-13-34(14-19-10-20(26(28,29)30)12-21(11-19)27(31,32)33)15-24(23-9-8-22(17)25(23,34)2)35-16-18-6-4-3-5-7-18;/h3-7,10-12,17,22-24H,8-9,13-16H2,1-2H3;1H/q+1;/p-1/t17-,22+,23-,24+,25-,34-;/m1./s1. The van der Waals surface area contributed by atoms with Crippen LogP contribution < -0.4 is 17.0 Å². The molecule has 3 aliphatic rings. The van der Waals surface area contributed by atoms with Gasteiger partial charge in [0.2, 0.25) is 0 Å². The van der Waals surface area contributed by atoms with Crippen molar-refractivity contribution < 1.29 is 52.5 Å². The topological polar surface area (TPSA) is 9.23 Å². The molecule has 3 fully saturated rings. The molecule has 0 spiro atoms. The quantitative estimate of drug-likeness (QED) is 0.384. The molecule has 0 unspecified atom stereocenters. The number of alkyl halides is 6. The van der Waals surface area contributed by atoms with E-state index in [1.165, 1.54) is 0 Å². The van der Waals surface area contributed by atoms with Crippen LogP contribution in [0.3, 0.4) is 0 Å². The third-order valence-corrected chi connectivity index (χ3v) is 9.05. The van der Waals surface area contributed by atoms with Gasteiger partial charge in [0.05, 0.1) is 24.3 Å². The van der Waals surface area contributed by atoms with E-state index >= 15 is 0 Å². The monoisotopic (exact) mass is 577 g/mol. The van der Waals surface area contributed by atoms with Crippen LogP contribution in [-0.4, -0.2) is 29.2 Å². The van der Waals surface area contributed by atoms with E-state index in [-0.39, 0.29) is 52.7 Å². The highest BCUT2D eigenvalue weighted by Gasteiger charge is 2.73. The van der Waals surface area contributed by atoms with Crippen LogP contribution in [0.5, 0.6) is 0 Å². The highest BCUT2D eigenvalue weighted by Crippen LogP contribution is 2.63. The van der Waals surface area contributed by atoms with Crippen LogP contribution in [0.2, 0.25) is 0 Å².